The minimum absolute atomic E-state index is 0.658. The Morgan fingerprint density at radius 3 is 2.79 bits per heavy atom. The summed E-state index contributed by atoms with van der Waals surface area (Å²) in [6.45, 7) is 2.07. The van der Waals surface area contributed by atoms with Crippen LogP contribution in [-0.4, -0.2) is 9.55 Å². The van der Waals surface area contributed by atoms with Gasteiger partial charge in [-0.05, 0) is 52.7 Å². The Kier molecular flexibility index (Phi) is 2.92. The lowest BCUT2D eigenvalue weighted by Crippen LogP contribution is -1.90. The van der Waals surface area contributed by atoms with Gasteiger partial charge >= 0.3 is 0 Å². The van der Waals surface area contributed by atoms with Crippen LogP contribution in [0.5, 0.6) is 0 Å². The second-order valence-electron chi connectivity index (χ2n) is 4.38. The summed E-state index contributed by atoms with van der Waals surface area (Å²) in [5.74, 6) is 0.934. The highest BCUT2D eigenvalue weighted by atomic mass is 79.9. The fourth-order valence-electron chi connectivity index (χ4n) is 2.05. The van der Waals surface area contributed by atoms with Gasteiger partial charge in [-0.25, -0.2) is 4.98 Å². The molecule has 0 saturated heterocycles. The van der Waals surface area contributed by atoms with Crippen LogP contribution in [0.3, 0.4) is 0 Å². The van der Waals surface area contributed by atoms with E-state index in [4.69, 9.17) is 5.26 Å². The number of rotatable bonds is 1. The summed E-state index contributed by atoms with van der Waals surface area (Å²) < 4.78 is 3.17. The van der Waals surface area contributed by atoms with Gasteiger partial charge in [0.1, 0.15) is 0 Å². The van der Waals surface area contributed by atoms with E-state index < -0.39 is 0 Å². The number of fused-ring (bicyclic) bond motifs is 1. The van der Waals surface area contributed by atoms with Gasteiger partial charge in [0.15, 0.2) is 5.82 Å². The first-order chi connectivity index (χ1) is 9.10. The van der Waals surface area contributed by atoms with Gasteiger partial charge in [0.05, 0.1) is 31.3 Å². The van der Waals surface area contributed by atoms with Crippen LogP contribution in [0.2, 0.25) is 0 Å². The zero-order chi connectivity index (χ0) is 13.6. The van der Waals surface area contributed by atoms with Crippen LogP contribution >= 0.6 is 27.3 Å². The Morgan fingerprint density at radius 1 is 1.37 bits per heavy atom. The molecule has 0 saturated carbocycles. The molecule has 0 aliphatic heterocycles. The molecule has 5 heteroatoms. The first kappa shape index (κ1) is 12.4. The van der Waals surface area contributed by atoms with Gasteiger partial charge in [-0.15, -0.1) is 11.3 Å². The van der Waals surface area contributed by atoms with E-state index in [1.54, 1.807) is 17.4 Å². The van der Waals surface area contributed by atoms with E-state index in [0.717, 1.165) is 25.5 Å². The van der Waals surface area contributed by atoms with E-state index in [-0.39, 0.29) is 0 Å². The van der Waals surface area contributed by atoms with Gasteiger partial charge in [-0.1, -0.05) is 0 Å². The van der Waals surface area contributed by atoms with Crippen molar-refractivity contribution in [2.45, 2.75) is 6.92 Å². The van der Waals surface area contributed by atoms with Crippen molar-refractivity contribution in [2.75, 3.05) is 0 Å². The predicted molar refractivity (Wildman–Crippen MR) is 81.2 cm³/mol. The molecule has 0 aliphatic rings. The molecule has 0 fully saturated rings. The van der Waals surface area contributed by atoms with E-state index in [1.807, 2.05) is 23.7 Å². The van der Waals surface area contributed by atoms with Crippen molar-refractivity contribution in [3.05, 3.63) is 39.2 Å². The first-order valence-corrected chi connectivity index (χ1v) is 7.34. The number of benzene rings is 1. The highest BCUT2D eigenvalue weighted by Gasteiger charge is 2.13. The molecule has 2 heterocycles. The van der Waals surface area contributed by atoms with E-state index in [1.165, 1.54) is 5.56 Å². The lowest BCUT2D eigenvalue weighted by molar-refractivity contribution is 0.962. The largest absolute Gasteiger partial charge is 0.326 e. The molecule has 3 nitrogen and oxygen atoms in total. The number of nitriles is 1. The zero-order valence-corrected chi connectivity index (χ0v) is 12.8. The van der Waals surface area contributed by atoms with Gasteiger partial charge < -0.3 is 4.57 Å². The molecule has 0 unspecified atom stereocenters. The van der Waals surface area contributed by atoms with Crippen molar-refractivity contribution in [3.63, 3.8) is 0 Å². The van der Waals surface area contributed by atoms with Crippen LogP contribution in [0.4, 0.5) is 0 Å². The summed E-state index contributed by atoms with van der Waals surface area (Å²) in [4.78, 5) is 5.78. The topological polar surface area (TPSA) is 41.6 Å². The summed E-state index contributed by atoms with van der Waals surface area (Å²) in [7, 11) is 1.98. The molecule has 0 radical (unpaired) electrons. The quantitative estimate of drug-likeness (QED) is 0.669. The smallest absolute Gasteiger partial charge is 0.151 e. The van der Waals surface area contributed by atoms with Crippen molar-refractivity contribution in [1.82, 2.24) is 9.55 Å². The summed E-state index contributed by atoms with van der Waals surface area (Å²) in [5, 5.41) is 8.97. The second-order valence-corrected chi connectivity index (χ2v) is 6.75. The summed E-state index contributed by atoms with van der Waals surface area (Å²) in [6.07, 6.45) is 0. The molecule has 0 N–H and O–H groups in total. The molecule has 0 spiro atoms. The number of hydrogen-bond donors (Lipinski definition) is 0. The second kappa shape index (κ2) is 4.48. The van der Waals surface area contributed by atoms with E-state index in [0.29, 0.717) is 5.56 Å². The Balaban J connectivity index is 2.25. The molecule has 3 aromatic rings. The fourth-order valence-corrected chi connectivity index (χ4v) is 3.61. The molecule has 19 heavy (non-hydrogen) atoms. The Bertz CT molecular complexity index is 804. The Labute approximate surface area is 123 Å². The average Bonchev–Trinajstić information content (AvgIpc) is 2.91. The maximum absolute atomic E-state index is 8.97. The maximum atomic E-state index is 8.97. The van der Waals surface area contributed by atoms with Crippen molar-refractivity contribution in [2.24, 2.45) is 7.05 Å². The van der Waals surface area contributed by atoms with E-state index >= 15 is 0 Å². The van der Waals surface area contributed by atoms with Crippen LogP contribution in [0, 0.1) is 18.3 Å². The number of imidazole rings is 1. The van der Waals surface area contributed by atoms with E-state index in [9.17, 15) is 0 Å². The summed E-state index contributed by atoms with van der Waals surface area (Å²) in [6, 6.07) is 9.86. The van der Waals surface area contributed by atoms with Gasteiger partial charge in [-0.3, -0.25) is 0 Å². The molecule has 94 valence electrons. The van der Waals surface area contributed by atoms with Crippen molar-refractivity contribution >= 4 is 38.3 Å². The van der Waals surface area contributed by atoms with Crippen molar-refractivity contribution in [3.8, 4) is 16.8 Å². The normalized spacial score (nSPS) is 10.8. The van der Waals surface area contributed by atoms with Crippen molar-refractivity contribution in [1.29, 1.82) is 5.26 Å². The van der Waals surface area contributed by atoms with Crippen LogP contribution in [0.1, 0.15) is 11.1 Å². The number of nitrogens with zero attached hydrogens (tertiary/aromatic N) is 3. The number of thiophene rings is 1. The maximum Gasteiger partial charge on any atom is 0.151 e. The third-order valence-corrected chi connectivity index (χ3v) is 5.22. The molecular weight excluding hydrogens is 322 g/mol. The monoisotopic (exact) mass is 331 g/mol. The molecule has 3 rings (SSSR count). The number of hydrogen-bond acceptors (Lipinski definition) is 3. The van der Waals surface area contributed by atoms with Gasteiger partial charge in [-0.2, -0.15) is 5.26 Å². The third kappa shape index (κ3) is 1.97. The third-order valence-electron chi connectivity index (χ3n) is 3.09. The molecular formula is C14H10BrN3S. The summed E-state index contributed by atoms with van der Waals surface area (Å²) in [5.41, 5.74) is 3.77. The standard InChI is InChI=1S/C14H10BrN3S/c1-8-5-12(19-13(8)15)14-17-10-4-3-9(7-16)6-11(10)18(14)2/h3-6H,1-2H3. The molecule has 1 aromatic carbocycles. The average molecular weight is 332 g/mol. The highest BCUT2D eigenvalue weighted by Crippen LogP contribution is 2.35. The van der Waals surface area contributed by atoms with Crippen LogP contribution in [-0.2, 0) is 7.05 Å². The molecule has 0 amide bonds. The van der Waals surface area contributed by atoms with Gasteiger partial charge in [0.2, 0.25) is 0 Å². The summed E-state index contributed by atoms with van der Waals surface area (Å²) >= 11 is 5.22. The SMILES string of the molecule is Cc1cc(-c2nc3ccc(C#N)cc3n2C)sc1Br. The molecule has 0 bridgehead atoms. The first-order valence-electron chi connectivity index (χ1n) is 5.73. The minimum Gasteiger partial charge on any atom is -0.326 e. The van der Waals surface area contributed by atoms with Crippen LogP contribution in [0.25, 0.3) is 21.7 Å². The van der Waals surface area contributed by atoms with E-state index in [2.05, 4.69) is 40.0 Å². The van der Waals surface area contributed by atoms with Gasteiger partial charge in [0.25, 0.3) is 0 Å². The lowest BCUT2D eigenvalue weighted by atomic mass is 10.2. The fraction of sp³-hybridized carbons (Fsp3) is 0.143. The Hall–Kier alpha value is -1.64. The lowest BCUT2D eigenvalue weighted by Gasteiger charge is -1.99. The highest BCUT2D eigenvalue weighted by molar-refractivity contribution is 9.11. The number of aromatic nitrogens is 2. The molecule has 0 aliphatic carbocycles. The van der Waals surface area contributed by atoms with Crippen LogP contribution in [0.15, 0.2) is 28.1 Å². The van der Waals surface area contributed by atoms with Gasteiger partial charge in [0, 0.05) is 7.05 Å². The molecule has 0 atom stereocenters. The zero-order valence-electron chi connectivity index (χ0n) is 10.4. The van der Waals surface area contributed by atoms with Crippen LogP contribution < -0.4 is 0 Å². The Morgan fingerprint density at radius 2 is 2.16 bits per heavy atom. The number of halogens is 1. The minimum atomic E-state index is 0.658. The molecule has 2 aromatic heterocycles. The number of aryl methyl sites for hydroxylation is 2. The van der Waals surface area contributed by atoms with Crippen molar-refractivity contribution < 1.29 is 0 Å². The predicted octanol–water partition coefficient (Wildman–Crippen LogP) is 4.24.